The topological polar surface area (TPSA) is 21.3 Å². The van der Waals surface area contributed by atoms with Crippen LogP contribution in [0.25, 0.3) is 0 Å². The Morgan fingerprint density at radius 3 is 2.93 bits per heavy atom. The highest BCUT2D eigenvalue weighted by molar-refractivity contribution is 5.51. The summed E-state index contributed by atoms with van der Waals surface area (Å²) in [5.41, 5.74) is 2.23. The van der Waals surface area contributed by atoms with Gasteiger partial charge < -0.3 is 10.1 Å². The van der Waals surface area contributed by atoms with E-state index in [9.17, 15) is 0 Å². The van der Waals surface area contributed by atoms with Crippen molar-refractivity contribution in [1.29, 1.82) is 0 Å². The zero-order valence-electron chi connectivity index (χ0n) is 9.00. The summed E-state index contributed by atoms with van der Waals surface area (Å²) in [6, 6.07) is 7.91. The van der Waals surface area contributed by atoms with E-state index in [4.69, 9.17) is 4.74 Å². The van der Waals surface area contributed by atoms with Crippen LogP contribution in [0.5, 0.6) is 5.75 Å². The summed E-state index contributed by atoms with van der Waals surface area (Å²) in [4.78, 5) is 0. The van der Waals surface area contributed by atoms with E-state index in [0.29, 0.717) is 0 Å². The Bertz CT molecular complexity index is 318. The molecule has 0 aromatic heterocycles. The largest absolute Gasteiger partial charge is 0.497 e. The quantitative estimate of drug-likeness (QED) is 0.787. The second kappa shape index (κ2) is 5.32. The molecule has 0 saturated heterocycles. The minimum absolute atomic E-state index is 0.874. The minimum Gasteiger partial charge on any atom is -0.497 e. The van der Waals surface area contributed by atoms with Crippen molar-refractivity contribution in [3.63, 3.8) is 0 Å². The highest BCUT2D eigenvalue weighted by Crippen LogP contribution is 2.17. The highest BCUT2D eigenvalue weighted by atomic mass is 16.5. The fourth-order valence-corrected chi connectivity index (χ4v) is 1.29. The maximum absolute atomic E-state index is 5.14. The summed E-state index contributed by atoms with van der Waals surface area (Å²) < 4.78 is 5.14. The van der Waals surface area contributed by atoms with Gasteiger partial charge in [0.2, 0.25) is 0 Å². The Balaban J connectivity index is 2.71. The van der Waals surface area contributed by atoms with Gasteiger partial charge in [-0.15, -0.1) is 0 Å². The fourth-order valence-electron chi connectivity index (χ4n) is 1.29. The Kier molecular flexibility index (Phi) is 4.05. The van der Waals surface area contributed by atoms with Crippen LogP contribution in [0, 0.1) is 0 Å². The molecule has 1 rings (SSSR count). The van der Waals surface area contributed by atoms with Crippen LogP contribution in [0.3, 0.4) is 0 Å². The van der Waals surface area contributed by atoms with Gasteiger partial charge in [-0.1, -0.05) is 19.1 Å². The third-order valence-electron chi connectivity index (χ3n) is 1.92. The number of benzene rings is 1. The molecule has 0 unspecified atom stereocenters. The van der Waals surface area contributed by atoms with E-state index >= 15 is 0 Å². The first kappa shape index (κ1) is 10.6. The number of nitrogens with one attached hydrogen (secondary N) is 1. The van der Waals surface area contributed by atoms with Crippen molar-refractivity contribution in [1.82, 2.24) is 0 Å². The van der Waals surface area contributed by atoms with Crippen LogP contribution in [0.1, 0.15) is 20.3 Å². The van der Waals surface area contributed by atoms with E-state index in [1.165, 1.54) is 5.70 Å². The molecule has 0 radical (unpaired) electrons. The lowest BCUT2D eigenvalue weighted by molar-refractivity contribution is 0.415. The van der Waals surface area contributed by atoms with E-state index < -0.39 is 0 Å². The summed E-state index contributed by atoms with van der Waals surface area (Å²) in [7, 11) is 1.67. The van der Waals surface area contributed by atoms with Crippen molar-refractivity contribution in [2.45, 2.75) is 20.3 Å². The van der Waals surface area contributed by atoms with Gasteiger partial charge >= 0.3 is 0 Å². The second-order valence-corrected chi connectivity index (χ2v) is 3.15. The normalized spacial score (nSPS) is 11.2. The first-order chi connectivity index (χ1) is 6.76. The molecular weight excluding hydrogens is 174 g/mol. The number of methoxy groups -OCH3 is 1. The molecule has 2 heteroatoms. The molecule has 0 aliphatic heterocycles. The SMILES string of the molecule is CCC=C(C)Nc1cccc(OC)c1. The lowest BCUT2D eigenvalue weighted by atomic mass is 10.3. The van der Waals surface area contributed by atoms with Crippen LogP contribution in [-0.2, 0) is 0 Å². The number of hydrogen-bond donors (Lipinski definition) is 1. The summed E-state index contributed by atoms with van der Waals surface area (Å²) >= 11 is 0. The van der Waals surface area contributed by atoms with Crippen LogP contribution in [0.4, 0.5) is 5.69 Å². The van der Waals surface area contributed by atoms with Gasteiger partial charge in [0.15, 0.2) is 0 Å². The molecule has 0 saturated carbocycles. The maximum Gasteiger partial charge on any atom is 0.120 e. The molecule has 1 N–H and O–H groups in total. The molecule has 1 aromatic rings. The van der Waals surface area contributed by atoms with Gasteiger partial charge in [-0.3, -0.25) is 0 Å². The van der Waals surface area contributed by atoms with Gasteiger partial charge in [-0.2, -0.15) is 0 Å². The third-order valence-corrected chi connectivity index (χ3v) is 1.92. The lowest BCUT2D eigenvalue weighted by Crippen LogP contribution is -1.95. The molecular formula is C12H17NO. The molecule has 0 fully saturated rings. The lowest BCUT2D eigenvalue weighted by Gasteiger charge is -2.07. The number of anilines is 1. The van der Waals surface area contributed by atoms with Crippen LogP contribution in [0.15, 0.2) is 36.0 Å². The average Bonchev–Trinajstić information content (AvgIpc) is 2.18. The molecule has 0 spiro atoms. The Hall–Kier alpha value is -1.44. The van der Waals surface area contributed by atoms with Crippen molar-refractivity contribution in [3.05, 3.63) is 36.0 Å². The molecule has 0 atom stereocenters. The Labute approximate surface area is 85.6 Å². The zero-order chi connectivity index (χ0) is 10.4. The number of ether oxygens (including phenoxy) is 1. The van der Waals surface area contributed by atoms with Crippen LogP contribution >= 0.6 is 0 Å². The van der Waals surface area contributed by atoms with E-state index in [0.717, 1.165) is 17.9 Å². The standard InChI is InChI=1S/C12H17NO/c1-4-6-10(2)13-11-7-5-8-12(9-11)14-3/h5-9,13H,4H2,1-3H3. The van der Waals surface area contributed by atoms with E-state index in [2.05, 4.69) is 25.2 Å². The first-order valence-electron chi connectivity index (χ1n) is 4.84. The summed E-state index contributed by atoms with van der Waals surface area (Å²) in [5.74, 6) is 0.874. The summed E-state index contributed by atoms with van der Waals surface area (Å²) in [6.45, 7) is 4.18. The van der Waals surface area contributed by atoms with Gasteiger partial charge in [0.25, 0.3) is 0 Å². The molecule has 14 heavy (non-hydrogen) atoms. The number of allylic oxidation sites excluding steroid dienone is 2. The third kappa shape index (κ3) is 3.13. The van der Waals surface area contributed by atoms with Crippen molar-refractivity contribution >= 4 is 5.69 Å². The van der Waals surface area contributed by atoms with Gasteiger partial charge in [-0.05, 0) is 25.5 Å². The van der Waals surface area contributed by atoms with Gasteiger partial charge in [-0.25, -0.2) is 0 Å². The van der Waals surface area contributed by atoms with Gasteiger partial charge in [0.05, 0.1) is 7.11 Å². The van der Waals surface area contributed by atoms with Crippen molar-refractivity contribution in [2.75, 3.05) is 12.4 Å². The van der Waals surface area contributed by atoms with E-state index in [-0.39, 0.29) is 0 Å². The summed E-state index contributed by atoms with van der Waals surface area (Å²) in [5, 5.41) is 3.30. The van der Waals surface area contributed by atoms with Crippen LogP contribution < -0.4 is 10.1 Å². The maximum atomic E-state index is 5.14. The molecule has 2 nitrogen and oxygen atoms in total. The predicted octanol–water partition coefficient (Wildman–Crippen LogP) is 3.42. The molecule has 76 valence electrons. The van der Waals surface area contributed by atoms with Crippen LogP contribution in [-0.4, -0.2) is 7.11 Å². The van der Waals surface area contributed by atoms with Crippen LogP contribution in [0.2, 0.25) is 0 Å². The van der Waals surface area contributed by atoms with Gasteiger partial charge in [0.1, 0.15) is 5.75 Å². The van der Waals surface area contributed by atoms with Crippen molar-refractivity contribution in [2.24, 2.45) is 0 Å². The second-order valence-electron chi connectivity index (χ2n) is 3.15. The average molecular weight is 191 g/mol. The van der Waals surface area contributed by atoms with E-state index in [1.807, 2.05) is 24.3 Å². The number of hydrogen-bond acceptors (Lipinski definition) is 2. The summed E-state index contributed by atoms with van der Waals surface area (Å²) in [6.07, 6.45) is 3.20. The Morgan fingerprint density at radius 2 is 2.29 bits per heavy atom. The number of rotatable bonds is 4. The molecule has 1 aromatic carbocycles. The molecule has 0 bridgehead atoms. The van der Waals surface area contributed by atoms with Crippen molar-refractivity contribution < 1.29 is 4.74 Å². The van der Waals surface area contributed by atoms with Gasteiger partial charge in [0, 0.05) is 17.5 Å². The molecule has 0 amide bonds. The minimum atomic E-state index is 0.874. The zero-order valence-corrected chi connectivity index (χ0v) is 9.00. The van der Waals surface area contributed by atoms with E-state index in [1.54, 1.807) is 7.11 Å². The first-order valence-corrected chi connectivity index (χ1v) is 4.84. The molecule has 0 aliphatic rings. The molecule has 0 heterocycles. The fraction of sp³-hybridized carbons (Fsp3) is 0.333. The highest BCUT2D eigenvalue weighted by Gasteiger charge is 1.94. The van der Waals surface area contributed by atoms with Crippen molar-refractivity contribution in [3.8, 4) is 5.75 Å². The molecule has 0 aliphatic carbocycles. The predicted molar refractivity (Wildman–Crippen MR) is 60.7 cm³/mol. The Morgan fingerprint density at radius 1 is 1.50 bits per heavy atom. The smallest absolute Gasteiger partial charge is 0.120 e. The monoisotopic (exact) mass is 191 g/mol.